The zero-order valence-electron chi connectivity index (χ0n) is 12.1. The minimum absolute atomic E-state index is 0.0828. The summed E-state index contributed by atoms with van der Waals surface area (Å²) in [6.45, 7) is 8.03. The van der Waals surface area contributed by atoms with E-state index < -0.39 is 11.9 Å². The zero-order valence-corrected chi connectivity index (χ0v) is 12.1. The van der Waals surface area contributed by atoms with Crippen molar-refractivity contribution >= 4 is 17.9 Å². The van der Waals surface area contributed by atoms with E-state index in [9.17, 15) is 14.4 Å². The third kappa shape index (κ3) is 13.8. The summed E-state index contributed by atoms with van der Waals surface area (Å²) in [5.41, 5.74) is 0.582. The van der Waals surface area contributed by atoms with Crippen molar-refractivity contribution in [3.05, 3.63) is 36.5 Å². The number of hydrogen-bond acceptors (Lipinski definition) is 6. The van der Waals surface area contributed by atoms with Crippen molar-refractivity contribution in [1.29, 1.82) is 0 Å². The summed E-state index contributed by atoms with van der Waals surface area (Å²) >= 11 is 0. The molecule has 0 saturated carbocycles. The Morgan fingerprint density at radius 2 is 1.76 bits per heavy atom. The molecule has 118 valence electrons. The summed E-state index contributed by atoms with van der Waals surface area (Å²) in [7, 11) is 1.33. The van der Waals surface area contributed by atoms with Crippen molar-refractivity contribution in [3.8, 4) is 0 Å². The molecular weight excluding hydrogens is 280 g/mol. The van der Waals surface area contributed by atoms with Crippen LogP contribution in [0, 0.1) is 0 Å². The van der Waals surface area contributed by atoms with Gasteiger partial charge >= 0.3 is 17.9 Å². The molecule has 0 saturated heterocycles. The van der Waals surface area contributed by atoms with Gasteiger partial charge in [-0.25, -0.2) is 14.4 Å². The number of carboxylic acid groups (broad SMARTS) is 1. The molecule has 0 atom stereocenters. The predicted molar refractivity (Wildman–Crippen MR) is 75.4 cm³/mol. The standard InChI is InChI=1S/C9H12O5.C5H8O2/c1-7(3-2-4-8(11)12)9(13)14-6-5-10;1-4(2)5(6)7-3/h2,4,10H,1,3,5-6H2,(H,11,12);1H2,2-3H3. The smallest absolute Gasteiger partial charge is 0.333 e. The minimum atomic E-state index is -1.08. The van der Waals surface area contributed by atoms with Crippen LogP contribution in [0.5, 0.6) is 0 Å². The average molecular weight is 300 g/mol. The molecule has 0 radical (unpaired) electrons. The number of rotatable bonds is 7. The van der Waals surface area contributed by atoms with Gasteiger partial charge in [0, 0.05) is 17.2 Å². The first-order valence-electron chi connectivity index (χ1n) is 5.85. The Morgan fingerprint density at radius 1 is 1.19 bits per heavy atom. The third-order valence-corrected chi connectivity index (χ3v) is 1.77. The van der Waals surface area contributed by atoms with Crippen molar-refractivity contribution in [3.63, 3.8) is 0 Å². The first kappa shape index (κ1) is 20.9. The molecule has 0 rings (SSSR count). The van der Waals surface area contributed by atoms with E-state index in [-0.39, 0.29) is 31.2 Å². The number of aliphatic hydroxyl groups is 1. The molecule has 0 bridgehead atoms. The maximum absolute atomic E-state index is 11.0. The lowest BCUT2D eigenvalue weighted by molar-refractivity contribution is -0.140. The van der Waals surface area contributed by atoms with Gasteiger partial charge in [0.2, 0.25) is 0 Å². The Labute approximate surface area is 123 Å². The number of allylic oxidation sites excluding steroid dienone is 1. The summed E-state index contributed by atoms with van der Waals surface area (Å²) in [5.74, 6) is -2.06. The van der Waals surface area contributed by atoms with E-state index >= 15 is 0 Å². The third-order valence-electron chi connectivity index (χ3n) is 1.77. The van der Waals surface area contributed by atoms with Gasteiger partial charge in [0.1, 0.15) is 6.61 Å². The number of esters is 2. The van der Waals surface area contributed by atoms with Gasteiger partial charge in [-0.15, -0.1) is 0 Å². The molecule has 0 aromatic heterocycles. The van der Waals surface area contributed by atoms with Crippen LogP contribution in [0.3, 0.4) is 0 Å². The van der Waals surface area contributed by atoms with E-state index in [1.54, 1.807) is 6.92 Å². The maximum Gasteiger partial charge on any atom is 0.333 e. The molecule has 7 nitrogen and oxygen atoms in total. The molecule has 0 aliphatic heterocycles. The molecule has 7 heteroatoms. The summed E-state index contributed by atoms with van der Waals surface area (Å²) in [6.07, 6.45) is 2.34. The van der Waals surface area contributed by atoms with Gasteiger partial charge in [-0.1, -0.05) is 19.2 Å². The van der Waals surface area contributed by atoms with Gasteiger partial charge < -0.3 is 19.7 Å². The molecule has 0 aromatic carbocycles. The van der Waals surface area contributed by atoms with Crippen LogP contribution in [-0.2, 0) is 23.9 Å². The van der Waals surface area contributed by atoms with Crippen LogP contribution < -0.4 is 0 Å². The molecule has 0 aliphatic rings. The number of methoxy groups -OCH3 is 1. The van der Waals surface area contributed by atoms with Gasteiger partial charge in [-0.05, 0) is 13.3 Å². The van der Waals surface area contributed by atoms with Crippen LogP contribution in [0.25, 0.3) is 0 Å². The molecule has 21 heavy (non-hydrogen) atoms. The Bertz CT molecular complexity index is 421. The van der Waals surface area contributed by atoms with Gasteiger partial charge in [0.25, 0.3) is 0 Å². The van der Waals surface area contributed by atoms with E-state index in [2.05, 4.69) is 22.6 Å². The number of carbonyl (C=O) groups excluding carboxylic acids is 2. The fourth-order valence-electron chi connectivity index (χ4n) is 0.800. The predicted octanol–water partition coefficient (Wildman–Crippen LogP) is 0.845. The van der Waals surface area contributed by atoms with Gasteiger partial charge in [-0.2, -0.15) is 0 Å². The lowest BCUT2D eigenvalue weighted by Gasteiger charge is -2.02. The molecule has 0 unspecified atom stereocenters. The molecule has 0 fully saturated rings. The zero-order chi connectivity index (χ0) is 16.8. The fourth-order valence-corrected chi connectivity index (χ4v) is 0.800. The Hall–Kier alpha value is -2.41. The van der Waals surface area contributed by atoms with E-state index in [4.69, 9.17) is 10.2 Å². The number of aliphatic carboxylic acids is 1. The van der Waals surface area contributed by atoms with Gasteiger partial charge in [0.05, 0.1) is 13.7 Å². The van der Waals surface area contributed by atoms with Crippen molar-refractivity contribution in [2.45, 2.75) is 13.3 Å². The molecule has 0 amide bonds. The number of hydrogen-bond donors (Lipinski definition) is 2. The van der Waals surface area contributed by atoms with Crippen molar-refractivity contribution in [2.24, 2.45) is 0 Å². The summed E-state index contributed by atoms with van der Waals surface area (Å²) in [4.78, 5) is 31.2. The number of aliphatic hydroxyl groups excluding tert-OH is 1. The van der Waals surface area contributed by atoms with Gasteiger partial charge in [0.15, 0.2) is 0 Å². The normalized spacial score (nSPS) is 9.29. The lowest BCUT2D eigenvalue weighted by atomic mass is 10.2. The highest BCUT2D eigenvalue weighted by Crippen LogP contribution is 2.01. The second-order valence-electron chi connectivity index (χ2n) is 3.68. The number of carbonyl (C=O) groups is 3. The lowest BCUT2D eigenvalue weighted by Crippen LogP contribution is -2.09. The second-order valence-corrected chi connectivity index (χ2v) is 3.68. The van der Waals surface area contributed by atoms with E-state index in [0.717, 1.165) is 6.08 Å². The number of ether oxygens (including phenoxy) is 2. The molecule has 0 heterocycles. The first-order chi connectivity index (χ1) is 9.76. The Morgan fingerprint density at radius 3 is 2.10 bits per heavy atom. The number of carboxylic acids is 1. The van der Waals surface area contributed by atoms with Crippen molar-refractivity contribution in [1.82, 2.24) is 0 Å². The van der Waals surface area contributed by atoms with Crippen molar-refractivity contribution < 1.29 is 34.1 Å². The molecule has 0 aromatic rings. The van der Waals surface area contributed by atoms with Crippen LogP contribution in [0.2, 0.25) is 0 Å². The summed E-state index contributed by atoms with van der Waals surface area (Å²) in [5, 5.41) is 16.6. The SMILES string of the molecule is C=C(C)C(=O)OC.C=C(CC=CC(=O)O)C(=O)OCCO. The molecule has 0 spiro atoms. The minimum Gasteiger partial charge on any atom is -0.478 e. The maximum atomic E-state index is 11.0. The van der Waals surface area contributed by atoms with E-state index in [1.807, 2.05) is 0 Å². The summed E-state index contributed by atoms with van der Waals surface area (Å²) < 4.78 is 8.81. The Kier molecular flexibility index (Phi) is 12.6. The monoisotopic (exact) mass is 300 g/mol. The quantitative estimate of drug-likeness (QED) is 0.529. The Balaban J connectivity index is 0. The average Bonchev–Trinajstić information content (AvgIpc) is 2.43. The van der Waals surface area contributed by atoms with Crippen LogP contribution in [0.15, 0.2) is 36.5 Å². The topological polar surface area (TPSA) is 110 Å². The fraction of sp³-hybridized carbons (Fsp3) is 0.357. The van der Waals surface area contributed by atoms with Crippen molar-refractivity contribution in [2.75, 3.05) is 20.3 Å². The molecular formula is C14H20O7. The first-order valence-corrected chi connectivity index (χ1v) is 5.85. The summed E-state index contributed by atoms with van der Waals surface area (Å²) in [6, 6.07) is 0. The van der Waals surface area contributed by atoms with Crippen LogP contribution in [-0.4, -0.2) is 48.4 Å². The highest BCUT2D eigenvalue weighted by molar-refractivity contribution is 5.88. The van der Waals surface area contributed by atoms with Gasteiger partial charge in [-0.3, -0.25) is 0 Å². The highest BCUT2D eigenvalue weighted by Gasteiger charge is 2.05. The highest BCUT2D eigenvalue weighted by atomic mass is 16.5. The second kappa shape index (κ2) is 12.6. The van der Waals surface area contributed by atoms with Crippen LogP contribution >= 0.6 is 0 Å². The van der Waals surface area contributed by atoms with E-state index in [0.29, 0.717) is 5.57 Å². The van der Waals surface area contributed by atoms with E-state index in [1.165, 1.54) is 13.2 Å². The largest absolute Gasteiger partial charge is 0.478 e. The molecule has 2 N–H and O–H groups in total. The van der Waals surface area contributed by atoms with Crippen LogP contribution in [0.1, 0.15) is 13.3 Å². The van der Waals surface area contributed by atoms with Crippen LogP contribution in [0.4, 0.5) is 0 Å². The molecule has 0 aliphatic carbocycles.